The first-order chi connectivity index (χ1) is 10.1. The second-order valence-corrected chi connectivity index (χ2v) is 6.18. The van der Waals surface area contributed by atoms with E-state index in [4.69, 9.17) is 4.42 Å². The van der Waals surface area contributed by atoms with Crippen molar-refractivity contribution in [2.24, 2.45) is 0 Å². The lowest BCUT2D eigenvalue weighted by Gasteiger charge is -2.18. The largest absolute Gasteiger partial charge is 0.459 e. The molecule has 0 spiro atoms. The Kier molecular flexibility index (Phi) is 3.87. The summed E-state index contributed by atoms with van der Waals surface area (Å²) in [6.45, 7) is 4.24. The van der Waals surface area contributed by atoms with Gasteiger partial charge in [0.2, 0.25) is 0 Å². The molecule has 1 unspecified atom stereocenters. The van der Waals surface area contributed by atoms with Gasteiger partial charge in [0.05, 0.1) is 16.4 Å². The molecule has 0 fully saturated rings. The van der Waals surface area contributed by atoms with Crippen LogP contribution in [0.2, 0.25) is 0 Å². The third-order valence-corrected chi connectivity index (χ3v) is 4.18. The first-order valence-corrected chi connectivity index (χ1v) is 7.79. The van der Waals surface area contributed by atoms with Crippen molar-refractivity contribution in [1.29, 1.82) is 0 Å². The smallest absolute Gasteiger partial charge is 0.134 e. The van der Waals surface area contributed by atoms with Gasteiger partial charge in [-0.15, -0.1) is 0 Å². The highest BCUT2D eigenvalue weighted by Gasteiger charge is 2.24. The van der Waals surface area contributed by atoms with Gasteiger partial charge in [-0.25, -0.2) is 0 Å². The molecule has 2 heterocycles. The third kappa shape index (κ3) is 2.51. The van der Waals surface area contributed by atoms with Gasteiger partial charge in [-0.05, 0) is 49.0 Å². The quantitative estimate of drug-likeness (QED) is 0.765. The van der Waals surface area contributed by atoms with E-state index in [9.17, 15) is 0 Å². The Morgan fingerprint density at radius 1 is 1.29 bits per heavy atom. The normalized spacial score (nSPS) is 13.2. The zero-order valence-corrected chi connectivity index (χ0v) is 13.9. The van der Waals surface area contributed by atoms with Crippen LogP contribution in [0.3, 0.4) is 0 Å². The summed E-state index contributed by atoms with van der Waals surface area (Å²) in [4.78, 5) is 0. The molecule has 0 aliphatic carbocycles. The number of benzene rings is 1. The number of halogens is 1. The molecule has 0 aliphatic heterocycles. The average molecular weight is 348 g/mol. The highest BCUT2D eigenvalue weighted by atomic mass is 79.9. The number of para-hydroxylation sites is 1. The van der Waals surface area contributed by atoms with Crippen molar-refractivity contribution in [1.82, 2.24) is 15.1 Å². The maximum Gasteiger partial charge on any atom is 0.134 e. The van der Waals surface area contributed by atoms with E-state index in [0.717, 1.165) is 26.9 Å². The second-order valence-electron chi connectivity index (χ2n) is 5.32. The molecule has 1 N–H and O–H groups in total. The number of hydrogen-bond acceptors (Lipinski definition) is 3. The molecule has 0 radical (unpaired) electrons. The van der Waals surface area contributed by atoms with E-state index >= 15 is 0 Å². The molecule has 0 aliphatic rings. The fourth-order valence-electron chi connectivity index (χ4n) is 2.59. The first kappa shape index (κ1) is 14.4. The summed E-state index contributed by atoms with van der Waals surface area (Å²) in [6, 6.07) is 10.4. The van der Waals surface area contributed by atoms with Crippen LogP contribution in [0.1, 0.15) is 37.4 Å². The molecular formula is C16H18BrN3O. The summed E-state index contributed by atoms with van der Waals surface area (Å²) in [5.41, 5.74) is 1.98. The van der Waals surface area contributed by atoms with Crippen LogP contribution in [0.25, 0.3) is 11.0 Å². The van der Waals surface area contributed by atoms with E-state index in [2.05, 4.69) is 52.3 Å². The number of rotatable bonds is 4. The minimum absolute atomic E-state index is 0.0447. The highest BCUT2D eigenvalue weighted by molar-refractivity contribution is 9.10. The fourth-order valence-corrected chi connectivity index (χ4v) is 3.09. The van der Waals surface area contributed by atoms with Gasteiger partial charge in [0.15, 0.2) is 0 Å². The number of fused-ring (bicyclic) bond motifs is 1. The molecule has 2 aromatic heterocycles. The Morgan fingerprint density at radius 3 is 2.71 bits per heavy atom. The molecule has 1 atom stereocenters. The van der Waals surface area contributed by atoms with Crippen LogP contribution in [0, 0.1) is 0 Å². The van der Waals surface area contributed by atoms with Crippen LogP contribution >= 0.6 is 15.9 Å². The Morgan fingerprint density at radius 2 is 2.05 bits per heavy atom. The molecule has 0 amide bonds. The zero-order chi connectivity index (χ0) is 15.0. The fraction of sp³-hybridized carbons (Fsp3) is 0.312. The van der Waals surface area contributed by atoms with Crippen molar-refractivity contribution in [3.8, 4) is 0 Å². The van der Waals surface area contributed by atoms with E-state index in [1.165, 1.54) is 0 Å². The van der Waals surface area contributed by atoms with Gasteiger partial charge in [-0.3, -0.25) is 4.68 Å². The zero-order valence-electron chi connectivity index (χ0n) is 12.3. The maximum absolute atomic E-state index is 6.01. The van der Waals surface area contributed by atoms with E-state index in [1.54, 1.807) is 0 Å². The van der Waals surface area contributed by atoms with Gasteiger partial charge in [0.1, 0.15) is 17.4 Å². The van der Waals surface area contributed by atoms with Crippen molar-refractivity contribution in [3.05, 3.63) is 52.5 Å². The summed E-state index contributed by atoms with van der Waals surface area (Å²) in [7, 11) is 1.93. The van der Waals surface area contributed by atoms with Crippen molar-refractivity contribution in [2.45, 2.75) is 25.9 Å². The summed E-state index contributed by atoms with van der Waals surface area (Å²) in [5.74, 6) is 0.891. The van der Waals surface area contributed by atoms with Gasteiger partial charge >= 0.3 is 0 Å². The molecule has 3 rings (SSSR count). The summed E-state index contributed by atoms with van der Waals surface area (Å²) in [6.07, 6.45) is 1.84. The standard InChI is InChI=1S/C16H18BrN3O/c1-10(2)20-16(12(17)9-19-20)15(18-3)14-8-11-6-4-5-7-13(11)21-14/h4-10,15,18H,1-3H3. The summed E-state index contributed by atoms with van der Waals surface area (Å²) < 4.78 is 9.00. The molecule has 0 bridgehead atoms. The van der Waals surface area contributed by atoms with Crippen LogP contribution in [0.4, 0.5) is 0 Å². The summed E-state index contributed by atoms with van der Waals surface area (Å²) in [5, 5.41) is 8.90. The molecule has 3 aromatic rings. The number of furan rings is 1. The predicted molar refractivity (Wildman–Crippen MR) is 87.4 cm³/mol. The van der Waals surface area contributed by atoms with E-state index in [-0.39, 0.29) is 12.1 Å². The lowest BCUT2D eigenvalue weighted by molar-refractivity contribution is 0.439. The van der Waals surface area contributed by atoms with Gasteiger partial charge in [-0.2, -0.15) is 5.10 Å². The van der Waals surface area contributed by atoms with Crippen molar-refractivity contribution in [3.63, 3.8) is 0 Å². The Hall–Kier alpha value is -1.59. The molecule has 5 heteroatoms. The van der Waals surface area contributed by atoms with Gasteiger partial charge in [0.25, 0.3) is 0 Å². The Balaban J connectivity index is 2.12. The second kappa shape index (κ2) is 5.66. The average Bonchev–Trinajstić information content (AvgIpc) is 3.04. The van der Waals surface area contributed by atoms with E-state index in [1.807, 2.05) is 36.1 Å². The van der Waals surface area contributed by atoms with Gasteiger partial charge in [-0.1, -0.05) is 18.2 Å². The SMILES string of the molecule is CNC(c1cc2ccccc2o1)c1c(Br)cnn1C(C)C. The molecule has 0 saturated carbocycles. The van der Waals surface area contributed by atoms with Crippen molar-refractivity contribution in [2.75, 3.05) is 7.05 Å². The minimum atomic E-state index is -0.0447. The van der Waals surface area contributed by atoms with E-state index in [0.29, 0.717) is 0 Å². The molecule has 1 aromatic carbocycles. The van der Waals surface area contributed by atoms with Crippen molar-refractivity contribution >= 4 is 26.9 Å². The molecule has 0 saturated heterocycles. The molecule has 21 heavy (non-hydrogen) atoms. The summed E-state index contributed by atoms with van der Waals surface area (Å²) >= 11 is 3.60. The number of aromatic nitrogens is 2. The number of nitrogens with zero attached hydrogens (tertiary/aromatic N) is 2. The highest BCUT2D eigenvalue weighted by Crippen LogP contribution is 2.33. The molecular weight excluding hydrogens is 330 g/mol. The van der Waals surface area contributed by atoms with Gasteiger partial charge < -0.3 is 9.73 Å². The van der Waals surface area contributed by atoms with Gasteiger partial charge in [0, 0.05) is 11.4 Å². The van der Waals surface area contributed by atoms with Crippen LogP contribution < -0.4 is 5.32 Å². The Bertz CT molecular complexity index is 727. The number of nitrogens with one attached hydrogen (secondary N) is 1. The van der Waals surface area contributed by atoms with Crippen LogP contribution in [-0.2, 0) is 0 Å². The minimum Gasteiger partial charge on any atom is -0.459 e. The third-order valence-electron chi connectivity index (χ3n) is 3.57. The first-order valence-electron chi connectivity index (χ1n) is 7.00. The Labute approximate surface area is 132 Å². The van der Waals surface area contributed by atoms with E-state index < -0.39 is 0 Å². The maximum atomic E-state index is 6.01. The number of hydrogen-bond donors (Lipinski definition) is 1. The van der Waals surface area contributed by atoms with Crippen LogP contribution in [-0.4, -0.2) is 16.8 Å². The monoisotopic (exact) mass is 347 g/mol. The predicted octanol–water partition coefficient (Wildman–Crippen LogP) is 4.28. The lowest BCUT2D eigenvalue weighted by atomic mass is 10.1. The van der Waals surface area contributed by atoms with Crippen LogP contribution in [0.15, 0.2) is 45.4 Å². The van der Waals surface area contributed by atoms with Crippen LogP contribution in [0.5, 0.6) is 0 Å². The topological polar surface area (TPSA) is 43.0 Å². The molecule has 4 nitrogen and oxygen atoms in total. The lowest BCUT2D eigenvalue weighted by Crippen LogP contribution is -2.22. The molecule has 110 valence electrons. The van der Waals surface area contributed by atoms with Crippen molar-refractivity contribution < 1.29 is 4.42 Å².